The molecule has 0 fully saturated rings. The van der Waals surface area contributed by atoms with Crippen LogP contribution in [0.4, 0.5) is 5.82 Å². The van der Waals surface area contributed by atoms with E-state index in [1.807, 2.05) is 19.9 Å². The maximum atomic E-state index is 12.7. The summed E-state index contributed by atoms with van der Waals surface area (Å²) in [6.45, 7) is 5.62. The highest BCUT2D eigenvalue weighted by Crippen LogP contribution is 2.48. The first kappa shape index (κ1) is 17.3. The monoisotopic (exact) mass is 336 g/mol. The van der Waals surface area contributed by atoms with Gasteiger partial charge >= 0.3 is 7.60 Å². The van der Waals surface area contributed by atoms with Crippen LogP contribution in [0.2, 0.25) is 0 Å². The van der Waals surface area contributed by atoms with E-state index < -0.39 is 7.60 Å². The summed E-state index contributed by atoms with van der Waals surface area (Å²) in [5.41, 5.74) is 4.66. The summed E-state index contributed by atoms with van der Waals surface area (Å²) in [5.74, 6) is 1.67. The lowest BCUT2D eigenvalue weighted by Crippen LogP contribution is -2.08. The van der Waals surface area contributed by atoms with Crippen LogP contribution in [0.25, 0.3) is 0 Å². The Morgan fingerprint density at radius 1 is 1.13 bits per heavy atom. The van der Waals surface area contributed by atoms with Gasteiger partial charge in [-0.25, -0.2) is 15.0 Å². The number of ether oxygens (including phenoxy) is 1. The number of hydrogen-bond acceptors (Lipinski definition) is 6. The molecule has 0 saturated heterocycles. The van der Waals surface area contributed by atoms with Crippen LogP contribution in [0, 0.1) is 13.8 Å². The Balaban J connectivity index is 2.07. The lowest BCUT2D eigenvalue weighted by molar-refractivity contribution is 0.317. The van der Waals surface area contributed by atoms with E-state index in [1.54, 1.807) is 44.5 Å². The fourth-order valence-corrected chi connectivity index (χ4v) is 2.76. The van der Waals surface area contributed by atoms with Gasteiger partial charge in [-0.05, 0) is 55.3 Å². The first-order valence-corrected chi connectivity index (χ1v) is 8.99. The van der Waals surface area contributed by atoms with Gasteiger partial charge in [0.05, 0.1) is 13.3 Å². The molecular formula is C16H21N2O4P. The average molecular weight is 336 g/mol. The molecule has 6 nitrogen and oxygen atoms in total. The summed E-state index contributed by atoms with van der Waals surface area (Å²) in [5, 5.41) is 0. The van der Waals surface area contributed by atoms with Gasteiger partial charge in [-0.1, -0.05) is 6.92 Å². The molecule has 1 atom stereocenters. The number of nitrogens with zero attached hydrogens (tertiary/aromatic N) is 1. The standard InChI is InChI=1S/C16H21N2O4P/c1-5-23(19,21-15-8-6-14(20-4)7-9-15)22-18-16-13(3)12(2)10-11-17-16/h6-11H,5H2,1-4H3,(H,17,18). The minimum Gasteiger partial charge on any atom is -0.497 e. The molecule has 23 heavy (non-hydrogen) atoms. The third kappa shape index (κ3) is 4.47. The van der Waals surface area contributed by atoms with Gasteiger partial charge < -0.3 is 9.26 Å². The molecule has 2 rings (SSSR count). The number of hydrogen-bond donors (Lipinski definition) is 1. The van der Waals surface area contributed by atoms with Crippen LogP contribution in [0.5, 0.6) is 11.5 Å². The molecule has 124 valence electrons. The number of aryl methyl sites for hydroxylation is 1. The Hall–Kier alpha value is -2.04. The van der Waals surface area contributed by atoms with Crippen molar-refractivity contribution in [2.75, 3.05) is 18.8 Å². The normalized spacial score (nSPS) is 13.2. The molecule has 1 N–H and O–H groups in total. The van der Waals surface area contributed by atoms with E-state index in [9.17, 15) is 4.57 Å². The Bertz CT molecular complexity index is 704. The first-order chi connectivity index (χ1) is 11.0. The molecule has 2 aromatic rings. The van der Waals surface area contributed by atoms with Crippen molar-refractivity contribution in [3.63, 3.8) is 0 Å². The lowest BCUT2D eigenvalue weighted by atomic mass is 10.2. The molecule has 0 amide bonds. The average Bonchev–Trinajstić information content (AvgIpc) is 2.57. The fraction of sp³-hybridized carbons (Fsp3) is 0.312. The first-order valence-electron chi connectivity index (χ1n) is 7.27. The summed E-state index contributed by atoms with van der Waals surface area (Å²) < 4.78 is 28.7. The fourth-order valence-electron chi connectivity index (χ4n) is 1.79. The zero-order valence-electron chi connectivity index (χ0n) is 13.7. The summed E-state index contributed by atoms with van der Waals surface area (Å²) in [6, 6.07) is 8.72. The second-order valence-electron chi connectivity index (χ2n) is 4.99. The maximum Gasteiger partial charge on any atom is 0.400 e. The van der Waals surface area contributed by atoms with Crippen LogP contribution in [-0.2, 0) is 9.19 Å². The second kappa shape index (κ2) is 7.49. The van der Waals surface area contributed by atoms with Gasteiger partial charge in [-0.3, -0.25) is 0 Å². The maximum absolute atomic E-state index is 12.7. The Kier molecular flexibility index (Phi) is 5.64. The van der Waals surface area contributed by atoms with E-state index in [4.69, 9.17) is 13.9 Å². The highest BCUT2D eigenvalue weighted by molar-refractivity contribution is 7.54. The van der Waals surface area contributed by atoms with Crippen LogP contribution in [0.3, 0.4) is 0 Å². The number of anilines is 1. The Morgan fingerprint density at radius 3 is 2.39 bits per heavy atom. The molecule has 1 heterocycles. The molecule has 1 aromatic carbocycles. The van der Waals surface area contributed by atoms with Crippen molar-refractivity contribution < 1.29 is 18.5 Å². The van der Waals surface area contributed by atoms with Crippen molar-refractivity contribution in [3.05, 3.63) is 47.7 Å². The largest absolute Gasteiger partial charge is 0.497 e. The minimum absolute atomic E-state index is 0.219. The molecule has 1 aromatic heterocycles. The van der Waals surface area contributed by atoms with Crippen molar-refractivity contribution in [3.8, 4) is 11.5 Å². The summed E-state index contributed by atoms with van der Waals surface area (Å²) in [4.78, 5) is 4.18. The van der Waals surface area contributed by atoms with Gasteiger partial charge in [0, 0.05) is 6.20 Å². The van der Waals surface area contributed by atoms with E-state index in [0.29, 0.717) is 17.3 Å². The van der Waals surface area contributed by atoms with E-state index in [2.05, 4.69) is 10.5 Å². The number of benzene rings is 1. The van der Waals surface area contributed by atoms with Gasteiger partial charge in [-0.2, -0.15) is 4.62 Å². The van der Waals surface area contributed by atoms with Crippen molar-refractivity contribution in [2.24, 2.45) is 0 Å². The Morgan fingerprint density at radius 2 is 1.78 bits per heavy atom. The summed E-state index contributed by atoms with van der Waals surface area (Å²) in [6.07, 6.45) is 1.88. The SMILES string of the molecule is CCP(=O)(ONc1nccc(C)c1C)Oc1ccc(OC)cc1. The molecule has 0 bridgehead atoms. The minimum atomic E-state index is -3.34. The topological polar surface area (TPSA) is 69.7 Å². The van der Waals surface area contributed by atoms with Crippen LogP contribution in [0.1, 0.15) is 18.1 Å². The zero-order chi connectivity index (χ0) is 16.9. The van der Waals surface area contributed by atoms with Crippen LogP contribution < -0.4 is 14.7 Å². The summed E-state index contributed by atoms with van der Waals surface area (Å²) in [7, 11) is -1.76. The van der Waals surface area contributed by atoms with Crippen molar-refractivity contribution in [2.45, 2.75) is 20.8 Å². The van der Waals surface area contributed by atoms with Crippen molar-refractivity contribution in [1.29, 1.82) is 0 Å². The number of nitrogens with one attached hydrogen (secondary N) is 1. The number of pyridine rings is 1. The smallest absolute Gasteiger partial charge is 0.400 e. The van der Waals surface area contributed by atoms with Crippen molar-refractivity contribution in [1.82, 2.24) is 4.98 Å². The van der Waals surface area contributed by atoms with Crippen LogP contribution >= 0.6 is 7.60 Å². The predicted octanol–water partition coefficient (Wildman–Crippen LogP) is 4.34. The number of rotatable bonds is 7. The highest BCUT2D eigenvalue weighted by Gasteiger charge is 2.25. The molecule has 7 heteroatoms. The predicted molar refractivity (Wildman–Crippen MR) is 90.2 cm³/mol. The molecule has 0 spiro atoms. The quantitative estimate of drug-likeness (QED) is 0.599. The molecular weight excluding hydrogens is 315 g/mol. The van der Waals surface area contributed by atoms with Crippen LogP contribution in [-0.4, -0.2) is 18.3 Å². The van der Waals surface area contributed by atoms with Crippen LogP contribution in [0.15, 0.2) is 36.5 Å². The van der Waals surface area contributed by atoms with E-state index in [-0.39, 0.29) is 6.16 Å². The van der Waals surface area contributed by atoms with E-state index in [1.165, 1.54) is 0 Å². The zero-order valence-corrected chi connectivity index (χ0v) is 14.6. The molecule has 1 unspecified atom stereocenters. The lowest BCUT2D eigenvalue weighted by Gasteiger charge is -2.19. The van der Waals surface area contributed by atoms with Gasteiger partial charge in [0.1, 0.15) is 11.5 Å². The highest BCUT2D eigenvalue weighted by atomic mass is 31.2. The summed E-state index contributed by atoms with van der Waals surface area (Å²) >= 11 is 0. The molecule has 0 aliphatic carbocycles. The molecule has 0 saturated carbocycles. The Labute approximate surface area is 136 Å². The number of methoxy groups -OCH3 is 1. The molecule has 0 aliphatic rings. The van der Waals surface area contributed by atoms with Gasteiger partial charge in [0.25, 0.3) is 0 Å². The van der Waals surface area contributed by atoms with Gasteiger partial charge in [0.15, 0.2) is 5.82 Å². The van der Waals surface area contributed by atoms with E-state index >= 15 is 0 Å². The second-order valence-corrected chi connectivity index (χ2v) is 7.21. The van der Waals surface area contributed by atoms with Crippen molar-refractivity contribution >= 4 is 13.4 Å². The van der Waals surface area contributed by atoms with Gasteiger partial charge in [-0.15, -0.1) is 0 Å². The third-order valence-electron chi connectivity index (χ3n) is 3.45. The third-order valence-corrected chi connectivity index (χ3v) is 5.08. The molecule has 0 aliphatic heterocycles. The number of aromatic nitrogens is 1. The van der Waals surface area contributed by atoms with Gasteiger partial charge in [0.2, 0.25) is 0 Å². The molecule has 0 radical (unpaired) electrons. The van der Waals surface area contributed by atoms with E-state index in [0.717, 1.165) is 11.1 Å².